The van der Waals surface area contributed by atoms with Gasteiger partial charge in [0.25, 0.3) is 0 Å². The summed E-state index contributed by atoms with van der Waals surface area (Å²) in [5, 5.41) is 9.15. The summed E-state index contributed by atoms with van der Waals surface area (Å²) < 4.78 is 52.2. The van der Waals surface area contributed by atoms with Gasteiger partial charge in [-0.3, -0.25) is 0 Å². The van der Waals surface area contributed by atoms with E-state index in [1.165, 1.54) is 4.90 Å². The Morgan fingerprint density at radius 2 is 1.90 bits per heavy atom. The minimum absolute atomic E-state index is 0.0872. The molecule has 0 bridgehead atoms. The lowest BCUT2D eigenvalue weighted by Crippen LogP contribution is -2.41. The number of ether oxygens (including phenoxy) is 3. The van der Waals surface area contributed by atoms with E-state index in [1.54, 1.807) is 31.2 Å². The number of aliphatic carboxylic acids is 1. The van der Waals surface area contributed by atoms with E-state index >= 15 is 0 Å². The molecule has 1 saturated carbocycles. The fourth-order valence-electron chi connectivity index (χ4n) is 3.11. The number of alkyl halides is 3. The number of hydrogen-bond donors (Lipinski definition) is 1. The van der Waals surface area contributed by atoms with Crippen LogP contribution in [0.4, 0.5) is 18.0 Å². The molecular weight excluding hydrogens is 419 g/mol. The van der Waals surface area contributed by atoms with E-state index in [4.69, 9.17) is 14.6 Å². The molecule has 1 N–H and O–H groups in total. The summed E-state index contributed by atoms with van der Waals surface area (Å²) in [5.74, 6) is -0.268. The number of carbonyl (C=O) groups excluding carboxylic acids is 1. The molecule has 7 nitrogen and oxygen atoms in total. The molecule has 1 aromatic rings. The maximum Gasteiger partial charge on any atom is 0.422 e. The van der Waals surface area contributed by atoms with Crippen molar-refractivity contribution in [3.8, 4) is 5.75 Å². The second kappa shape index (κ2) is 11.8. The van der Waals surface area contributed by atoms with Gasteiger partial charge < -0.3 is 24.2 Å². The number of rotatable bonds is 12. The standard InChI is InChI=1S/C21H28F3NO6/c1-2-29-18(19(26)27)12-15-6-8-17(9-7-15)30-11-10-25(13-16-4-3-5-16)20(28)31-14-21(22,23)24/h6-9,16,18H,2-5,10-14H2,1H3,(H,26,27). The molecule has 1 aliphatic rings. The van der Waals surface area contributed by atoms with Crippen LogP contribution >= 0.6 is 0 Å². The molecule has 174 valence electrons. The van der Waals surface area contributed by atoms with Crippen molar-refractivity contribution in [1.29, 1.82) is 0 Å². The molecule has 0 saturated heterocycles. The van der Waals surface area contributed by atoms with Crippen LogP contribution in [-0.4, -0.2) is 67.3 Å². The quantitative estimate of drug-likeness (QED) is 0.523. The zero-order chi connectivity index (χ0) is 22.9. The first-order valence-corrected chi connectivity index (χ1v) is 10.2. The van der Waals surface area contributed by atoms with Gasteiger partial charge in [0.2, 0.25) is 0 Å². The van der Waals surface area contributed by atoms with Gasteiger partial charge in [0.05, 0.1) is 6.54 Å². The van der Waals surface area contributed by atoms with Crippen molar-refractivity contribution < 1.29 is 42.1 Å². The smallest absolute Gasteiger partial charge is 0.422 e. The molecular formula is C21H28F3NO6. The molecule has 0 spiro atoms. The normalized spacial score (nSPS) is 15.1. The number of halogens is 3. The van der Waals surface area contributed by atoms with Crippen LogP contribution in [0, 0.1) is 5.92 Å². The molecule has 0 radical (unpaired) electrons. The number of carboxylic acids is 1. The summed E-state index contributed by atoms with van der Waals surface area (Å²) in [6.07, 6.45) is -3.38. The van der Waals surface area contributed by atoms with Gasteiger partial charge >= 0.3 is 18.2 Å². The van der Waals surface area contributed by atoms with Crippen molar-refractivity contribution in [2.75, 3.05) is 32.9 Å². The minimum atomic E-state index is -4.57. The third-order valence-corrected chi connectivity index (χ3v) is 4.94. The second-order valence-corrected chi connectivity index (χ2v) is 7.39. The molecule has 1 amide bonds. The molecule has 1 aromatic carbocycles. The molecule has 0 aliphatic heterocycles. The largest absolute Gasteiger partial charge is 0.492 e. The van der Waals surface area contributed by atoms with Gasteiger partial charge in [0, 0.05) is 19.6 Å². The molecule has 0 aromatic heterocycles. The van der Waals surface area contributed by atoms with Crippen molar-refractivity contribution >= 4 is 12.1 Å². The van der Waals surface area contributed by atoms with Gasteiger partial charge in [-0.15, -0.1) is 0 Å². The molecule has 0 heterocycles. The predicted octanol–water partition coefficient (Wildman–Crippen LogP) is 3.90. The maximum atomic E-state index is 12.3. The number of hydrogen-bond acceptors (Lipinski definition) is 5. The molecule has 1 aliphatic carbocycles. The van der Waals surface area contributed by atoms with Crippen LogP contribution in [0.2, 0.25) is 0 Å². The topological polar surface area (TPSA) is 85.3 Å². The fourth-order valence-corrected chi connectivity index (χ4v) is 3.11. The van der Waals surface area contributed by atoms with Crippen molar-refractivity contribution in [3.63, 3.8) is 0 Å². The van der Waals surface area contributed by atoms with E-state index in [9.17, 15) is 22.8 Å². The monoisotopic (exact) mass is 447 g/mol. The Kier molecular flexibility index (Phi) is 9.42. The third-order valence-electron chi connectivity index (χ3n) is 4.94. The van der Waals surface area contributed by atoms with Crippen LogP contribution < -0.4 is 4.74 Å². The molecule has 10 heteroatoms. The van der Waals surface area contributed by atoms with Crippen LogP contribution in [-0.2, 0) is 20.7 Å². The lowest BCUT2D eigenvalue weighted by atomic mass is 9.85. The van der Waals surface area contributed by atoms with E-state index < -0.39 is 30.9 Å². The van der Waals surface area contributed by atoms with Crippen LogP contribution in [0.15, 0.2) is 24.3 Å². The summed E-state index contributed by atoms with van der Waals surface area (Å²) in [7, 11) is 0. The van der Waals surface area contributed by atoms with E-state index in [0.29, 0.717) is 18.9 Å². The van der Waals surface area contributed by atoms with Gasteiger partial charge in [0.15, 0.2) is 12.7 Å². The van der Waals surface area contributed by atoms with E-state index in [2.05, 4.69) is 4.74 Å². The van der Waals surface area contributed by atoms with Crippen LogP contribution in [0.25, 0.3) is 0 Å². The highest BCUT2D eigenvalue weighted by Crippen LogP contribution is 2.27. The van der Waals surface area contributed by atoms with Crippen molar-refractivity contribution in [1.82, 2.24) is 4.90 Å². The van der Waals surface area contributed by atoms with E-state index in [1.807, 2.05) is 0 Å². The summed E-state index contributed by atoms with van der Waals surface area (Å²) in [6.45, 7) is 0.923. The summed E-state index contributed by atoms with van der Waals surface area (Å²) >= 11 is 0. The predicted molar refractivity (Wildman–Crippen MR) is 105 cm³/mol. The Hall–Kier alpha value is -2.49. The first-order valence-electron chi connectivity index (χ1n) is 10.2. The Labute approximate surface area is 179 Å². The van der Waals surface area contributed by atoms with E-state index in [0.717, 1.165) is 24.8 Å². The van der Waals surface area contributed by atoms with E-state index in [-0.39, 0.29) is 25.5 Å². The van der Waals surface area contributed by atoms with Gasteiger partial charge in [0.1, 0.15) is 12.4 Å². The first-order chi connectivity index (χ1) is 14.7. The van der Waals surface area contributed by atoms with Gasteiger partial charge in [-0.05, 0) is 43.4 Å². The molecule has 2 rings (SSSR count). The third kappa shape index (κ3) is 9.04. The van der Waals surface area contributed by atoms with Crippen LogP contribution in [0.1, 0.15) is 31.7 Å². The Bertz CT molecular complexity index is 706. The average Bonchev–Trinajstić information content (AvgIpc) is 2.67. The first kappa shape index (κ1) is 24.8. The molecule has 1 fully saturated rings. The molecule has 1 unspecified atom stereocenters. The summed E-state index contributed by atoms with van der Waals surface area (Å²) in [5.41, 5.74) is 0.760. The highest BCUT2D eigenvalue weighted by molar-refractivity contribution is 5.72. The Morgan fingerprint density at radius 3 is 2.42 bits per heavy atom. The lowest BCUT2D eigenvalue weighted by molar-refractivity contribution is -0.162. The van der Waals surface area contributed by atoms with Crippen molar-refractivity contribution in [2.24, 2.45) is 5.92 Å². The highest BCUT2D eigenvalue weighted by Gasteiger charge is 2.32. The lowest BCUT2D eigenvalue weighted by Gasteiger charge is -2.31. The van der Waals surface area contributed by atoms with Gasteiger partial charge in [-0.1, -0.05) is 18.6 Å². The van der Waals surface area contributed by atoms with Crippen LogP contribution in [0.3, 0.4) is 0 Å². The number of nitrogens with zero attached hydrogens (tertiary/aromatic N) is 1. The summed E-state index contributed by atoms with van der Waals surface area (Å²) in [6, 6.07) is 6.76. The molecule has 1 atom stereocenters. The zero-order valence-electron chi connectivity index (χ0n) is 17.4. The minimum Gasteiger partial charge on any atom is -0.492 e. The second-order valence-electron chi connectivity index (χ2n) is 7.39. The number of carbonyl (C=O) groups is 2. The zero-order valence-corrected chi connectivity index (χ0v) is 17.4. The Morgan fingerprint density at radius 1 is 1.23 bits per heavy atom. The Balaban J connectivity index is 1.84. The number of amides is 1. The van der Waals surface area contributed by atoms with Crippen molar-refractivity contribution in [2.45, 2.75) is 44.9 Å². The number of carboxylic acid groups (broad SMARTS) is 1. The van der Waals surface area contributed by atoms with Crippen LogP contribution in [0.5, 0.6) is 5.75 Å². The fraction of sp³-hybridized carbons (Fsp3) is 0.619. The summed E-state index contributed by atoms with van der Waals surface area (Å²) in [4.78, 5) is 24.5. The van der Waals surface area contributed by atoms with Gasteiger partial charge in [-0.2, -0.15) is 13.2 Å². The molecule has 31 heavy (non-hydrogen) atoms. The number of benzene rings is 1. The maximum absolute atomic E-state index is 12.3. The van der Waals surface area contributed by atoms with Gasteiger partial charge in [-0.25, -0.2) is 9.59 Å². The van der Waals surface area contributed by atoms with Crippen molar-refractivity contribution in [3.05, 3.63) is 29.8 Å². The highest BCUT2D eigenvalue weighted by atomic mass is 19.4. The average molecular weight is 447 g/mol. The SMILES string of the molecule is CCOC(Cc1ccc(OCCN(CC2CCC2)C(=O)OCC(F)(F)F)cc1)C(=O)O.